The predicted molar refractivity (Wildman–Crippen MR) is 109 cm³/mol. The van der Waals surface area contributed by atoms with Crippen molar-refractivity contribution in [3.63, 3.8) is 0 Å². The average Bonchev–Trinajstić information content (AvgIpc) is 2.73. The van der Waals surface area contributed by atoms with Crippen LogP contribution in [0.5, 0.6) is 5.88 Å². The summed E-state index contributed by atoms with van der Waals surface area (Å²) in [6, 6.07) is 2.31. The van der Waals surface area contributed by atoms with E-state index in [9.17, 15) is 18.0 Å². The van der Waals surface area contributed by atoms with Gasteiger partial charge in [0.25, 0.3) is 5.88 Å². The number of carbonyl (C=O) groups excluding carboxylic acids is 1. The van der Waals surface area contributed by atoms with Gasteiger partial charge in [0.2, 0.25) is 5.82 Å². The molecule has 0 unspecified atom stereocenters. The van der Waals surface area contributed by atoms with Gasteiger partial charge in [0.15, 0.2) is 5.82 Å². The van der Waals surface area contributed by atoms with Crippen LogP contribution in [0.2, 0.25) is 0 Å². The van der Waals surface area contributed by atoms with E-state index in [0.29, 0.717) is 32.0 Å². The van der Waals surface area contributed by atoms with E-state index in [0.717, 1.165) is 37.6 Å². The third-order valence-corrected chi connectivity index (χ3v) is 5.19. The quantitative estimate of drug-likeness (QED) is 0.566. The van der Waals surface area contributed by atoms with Gasteiger partial charge < -0.3 is 14.4 Å². The molecule has 0 bridgehead atoms. The highest BCUT2D eigenvalue weighted by atomic mass is 19.1. The molecule has 1 saturated heterocycles. The number of aromatic nitrogens is 2. The molecule has 1 aromatic carbocycles. The van der Waals surface area contributed by atoms with Crippen LogP contribution in [-0.4, -0.2) is 42.2 Å². The number of hydrogen-bond acceptors (Lipinski definition) is 6. The van der Waals surface area contributed by atoms with E-state index >= 15 is 0 Å². The molecule has 0 radical (unpaired) electrons. The van der Waals surface area contributed by atoms with Crippen LogP contribution in [0.25, 0.3) is 11.4 Å². The summed E-state index contributed by atoms with van der Waals surface area (Å²) in [5.41, 5.74) is 0.0168. The monoisotopic (exact) mass is 437 g/mol. The third-order valence-electron chi connectivity index (χ3n) is 5.19. The molecule has 0 saturated carbocycles. The summed E-state index contributed by atoms with van der Waals surface area (Å²) in [7, 11) is 0. The summed E-state index contributed by atoms with van der Waals surface area (Å²) in [5, 5.41) is 0. The minimum atomic E-state index is -0.730. The molecule has 1 aliphatic rings. The first-order chi connectivity index (χ1) is 14.9. The number of rotatable bonds is 8. The van der Waals surface area contributed by atoms with Gasteiger partial charge in [-0.1, -0.05) is 6.92 Å². The van der Waals surface area contributed by atoms with Crippen LogP contribution in [0.3, 0.4) is 0 Å². The maximum Gasteiger partial charge on any atom is 0.302 e. The molecule has 0 aliphatic carbocycles. The fourth-order valence-corrected chi connectivity index (χ4v) is 3.60. The Kier molecular flexibility index (Phi) is 7.70. The number of ether oxygens (including phenoxy) is 2. The van der Waals surface area contributed by atoms with E-state index in [4.69, 9.17) is 9.47 Å². The lowest BCUT2D eigenvalue weighted by molar-refractivity contribution is -0.141. The van der Waals surface area contributed by atoms with Crippen LogP contribution < -0.4 is 9.64 Å². The molecule has 0 N–H and O–H groups in total. The topological polar surface area (TPSA) is 64.6 Å². The molecule has 0 spiro atoms. The summed E-state index contributed by atoms with van der Waals surface area (Å²) in [6.07, 6.45) is 3.83. The number of carbonyl (C=O) groups is 1. The van der Waals surface area contributed by atoms with Crippen molar-refractivity contribution in [1.29, 1.82) is 0 Å². The zero-order chi connectivity index (χ0) is 22.4. The number of halogens is 3. The van der Waals surface area contributed by atoms with Crippen molar-refractivity contribution in [1.82, 2.24) is 9.97 Å². The zero-order valence-corrected chi connectivity index (χ0v) is 17.7. The summed E-state index contributed by atoms with van der Waals surface area (Å²) >= 11 is 0. The van der Waals surface area contributed by atoms with Crippen molar-refractivity contribution in [2.75, 3.05) is 31.2 Å². The van der Waals surface area contributed by atoms with Crippen LogP contribution in [-0.2, 0) is 9.53 Å². The fraction of sp³-hybridized carbons (Fsp3) is 0.500. The fourth-order valence-electron chi connectivity index (χ4n) is 3.60. The van der Waals surface area contributed by atoms with E-state index in [1.54, 1.807) is 4.90 Å². The van der Waals surface area contributed by atoms with Crippen LogP contribution >= 0.6 is 0 Å². The van der Waals surface area contributed by atoms with Crippen LogP contribution in [0.4, 0.5) is 18.9 Å². The highest BCUT2D eigenvalue weighted by Crippen LogP contribution is 2.32. The van der Waals surface area contributed by atoms with Crippen molar-refractivity contribution in [3.05, 3.63) is 35.8 Å². The number of piperidine rings is 1. The van der Waals surface area contributed by atoms with Crippen molar-refractivity contribution in [2.45, 2.75) is 39.5 Å². The Morgan fingerprint density at radius 3 is 2.42 bits per heavy atom. The predicted octanol–water partition coefficient (Wildman–Crippen LogP) is 4.52. The maximum atomic E-state index is 14.9. The SMILES string of the molecule is CCCOc1nc(-c2cc(F)c(N3CCC(CCOC(C)=O)CC3)c(F)c2)ncc1F. The highest BCUT2D eigenvalue weighted by Gasteiger charge is 2.25. The van der Waals surface area contributed by atoms with Gasteiger partial charge in [0, 0.05) is 25.6 Å². The van der Waals surface area contributed by atoms with E-state index in [-0.39, 0.29) is 35.5 Å². The molecular weight excluding hydrogens is 411 g/mol. The molecule has 0 atom stereocenters. The van der Waals surface area contributed by atoms with E-state index in [2.05, 4.69) is 9.97 Å². The van der Waals surface area contributed by atoms with Crippen molar-refractivity contribution < 1.29 is 27.4 Å². The molecular formula is C22H26F3N3O3. The lowest BCUT2D eigenvalue weighted by Gasteiger charge is -2.34. The summed E-state index contributed by atoms with van der Waals surface area (Å²) in [5.74, 6) is -2.40. The maximum absolute atomic E-state index is 14.9. The Hall–Kier alpha value is -2.84. The van der Waals surface area contributed by atoms with Gasteiger partial charge in [-0.2, -0.15) is 9.37 Å². The van der Waals surface area contributed by atoms with E-state index in [1.807, 2.05) is 6.92 Å². The standard InChI is InChI=1S/C22H26F3N3O3/c1-3-9-31-22-19(25)13-26-21(27-22)16-11-17(23)20(18(24)12-16)28-7-4-15(5-8-28)6-10-30-14(2)29/h11-13,15H,3-10H2,1-2H3. The molecule has 2 aromatic rings. The number of anilines is 1. The summed E-state index contributed by atoms with van der Waals surface area (Å²) < 4.78 is 53.7. The van der Waals surface area contributed by atoms with Gasteiger partial charge in [0.05, 0.1) is 19.4 Å². The highest BCUT2D eigenvalue weighted by molar-refractivity contribution is 5.65. The van der Waals surface area contributed by atoms with E-state index < -0.39 is 17.5 Å². The van der Waals surface area contributed by atoms with E-state index in [1.165, 1.54) is 6.92 Å². The molecule has 6 nitrogen and oxygen atoms in total. The van der Waals surface area contributed by atoms with Crippen LogP contribution in [0.1, 0.15) is 39.5 Å². The first-order valence-corrected chi connectivity index (χ1v) is 10.4. The summed E-state index contributed by atoms with van der Waals surface area (Å²) in [4.78, 5) is 20.3. The molecule has 2 heterocycles. The Labute approximate surface area is 179 Å². The average molecular weight is 437 g/mol. The minimum Gasteiger partial charge on any atom is -0.476 e. The molecule has 1 fully saturated rings. The minimum absolute atomic E-state index is 0.0129. The van der Waals surface area contributed by atoms with Crippen molar-refractivity contribution in [3.8, 4) is 17.3 Å². The first kappa shape index (κ1) is 22.8. The lowest BCUT2D eigenvalue weighted by atomic mass is 9.93. The Morgan fingerprint density at radius 2 is 1.81 bits per heavy atom. The number of benzene rings is 1. The lowest BCUT2D eigenvalue weighted by Crippen LogP contribution is -2.35. The summed E-state index contributed by atoms with van der Waals surface area (Å²) in [6.45, 7) is 4.87. The zero-order valence-electron chi connectivity index (χ0n) is 17.7. The Balaban J connectivity index is 1.71. The largest absolute Gasteiger partial charge is 0.476 e. The normalized spacial score (nSPS) is 14.5. The van der Waals surface area contributed by atoms with Gasteiger partial charge in [-0.25, -0.2) is 13.8 Å². The van der Waals surface area contributed by atoms with Gasteiger partial charge in [-0.05, 0) is 43.7 Å². The number of esters is 1. The number of hydrogen-bond donors (Lipinski definition) is 0. The van der Waals surface area contributed by atoms with Crippen molar-refractivity contribution in [2.24, 2.45) is 5.92 Å². The molecule has 1 aromatic heterocycles. The Bertz CT molecular complexity index is 895. The smallest absolute Gasteiger partial charge is 0.302 e. The van der Waals surface area contributed by atoms with Gasteiger partial charge in [-0.15, -0.1) is 0 Å². The van der Waals surface area contributed by atoms with Gasteiger partial charge in [-0.3, -0.25) is 4.79 Å². The van der Waals surface area contributed by atoms with Gasteiger partial charge in [0.1, 0.15) is 17.3 Å². The molecule has 168 valence electrons. The third kappa shape index (κ3) is 5.86. The van der Waals surface area contributed by atoms with Crippen LogP contribution in [0.15, 0.2) is 18.3 Å². The second kappa shape index (κ2) is 10.5. The van der Waals surface area contributed by atoms with Crippen LogP contribution in [0, 0.1) is 23.4 Å². The van der Waals surface area contributed by atoms with Crippen molar-refractivity contribution >= 4 is 11.7 Å². The molecule has 0 amide bonds. The molecule has 9 heteroatoms. The first-order valence-electron chi connectivity index (χ1n) is 10.4. The molecule has 31 heavy (non-hydrogen) atoms. The second-order valence-electron chi connectivity index (χ2n) is 7.54. The Morgan fingerprint density at radius 1 is 1.13 bits per heavy atom. The molecule has 1 aliphatic heterocycles. The number of nitrogens with zero attached hydrogens (tertiary/aromatic N) is 3. The van der Waals surface area contributed by atoms with Gasteiger partial charge >= 0.3 is 5.97 Å². The molecule has 3 rings (SSSR count). The second-order valence-corrected chi connectivity index (χ2v) is 7.54.